The van der Waals surface area contributed by atoms with Crippen LogP contribution in [0.5, 0.6) is 5.75 Å². The Morgan fingerprint density at radius 3 is 2.72 bits per heavy atom. The van der Waals surface area contributed by atoms with Crippen molar-refractivity contribution >= 4 is 11.6 Å². The highest BCUT2D eigenvalue weighted by molar-refractivity contribution is 5.94. The molecule has 140 valence electrons. The number of nitrogens with one attached hydrogen (secondary N) is 1. The van der Waals surface area contributed by atoms with E-state index in [9.17, 15) is 18.0 Å². The Kier molecular flexibility index (Phi) is 6.66. The minimum absolute atomic E-state index is 0.0126. The van der Waals surface area contributed by atoms with Crippen LogP contribution < -0.4 is 15.8 Å². The van der Waals surface area contributed by atoms with Crippen molar-refractivity contribution in [2.24, 2.45) is 17.6 Å². The molecule has 1 aromatic rings. The van der Waals surface area contributed by atoms with Gasteiger partial charge in [-0.25, -0.2) is 0 Å². The first kappa shape index (κ1) is 19.5. The molecule has 2 rings (SSSR count). The van der Waals surface area contributed by atoms with Crippen molar-refractivity contribution in [1.29, 1.82) is 0 Å². The number of benzene rings is 1. The van der Waals surface area contributed by atoms with Crippen molar-refractivity contribution in [2.45, 2.75) is 25.4 Å². The minimum atomic E-state index is -4.50. The van der Waals surface area contributed by atoms with E-state index < -0.39 is 11.7 Å². The first-order valence-electron chi connectivity index (χ1n) is 8.20. The van der Waals surface area contributed by atoms with Crippen molar-refractivity contribution in [3.63, 3.8) is 0 Å². The molecule has 8 heteroatoms. The molecule has 1 aliphatic carbocycles. The fourth-order valence-electron chi connectivity index (χ4n) is 3.05. The first-order valence-corrected chi connectivity index (χ1v) is 8.20. The van der Waals surface area contributed by atoms with Gasteiger partial charge in [0, 0.05) is 13.0 Å². The number of ether oxygens (including phenoxy) is 2. The second-order valence-electron chi connectivity index (χ2n) is 6.07. The highest BCUT2D eigenvalue weighted by Gasteiger charge is 2.34. The van der Waals surface area contributed by atoms with Crippen molar-refractivity contribution in [2.75, 3.05) is 32.2 Å². The smallest absolute Gasteiger partial charge is 0.416 e. The predicted molar refractivity (Wildman–Crippen MR) is 87.3 cm³/mol. The summed E-state index contributed by atoms with van der Waals surface area (Å²) in [4.78, 5) is 12.5. The second kappa shape index (κ2) is 8.53. The van der Waals surface area contributed by atoms with Gasteiger partial charge in [0.25, 0.3) is 0 Å². The van der Waals surface area contributed by atoms with Gasteiger partial charge < -0.3 is 20.5 Å². The normalized spacial score (nSPS) is 20.5. The van der Waals surface area contributed by atoms with E-state index in [2.05, 4.69) is 5.32 Å². The second-order valence-corrected chi connectivity index (χ2v) is 6.07. The fraction of sp³-hybridized carbons (Fsp3) is 0.588. The lowest BCUT2D eigenvalue weighted by atomic mass is 9.95. The zero-order valence-corrected chi connectivity index (χ0v) is 14.1. The van der Waals surface area contributed by atoms with E-state index in [0.29, 0.717) is 13.0 Å². The van der Waals surface area contributed by atoms with Crippen LogP contribution in [0.15, 0.2) is 18.2 Å². The summed E-state index contributed by atoms with van der Waals surface area (Å²) < 4.78 is 49.2. The van der Waals surface area contributed by atoms with Crippen LogP contribution in [0, 0.1) is 11.8 Å². The summed E-state index contributed by atoms with van der Waals surface area (Å²) in [6.45, 7) is 0.837. The number of amides is 1. The van der Waals surface area contributed by atoms with Gasteiger partial charge in [-0.3, -0.25) is 4.79 Å². The molecule has 2 atom stereocenters. The van der Waals surface area contributed by atoms with Crippen LogP contribution in [0.4, 0.5) is 18.9 Å². The summed E-state index contributed by atoms with van der Waals surface area (Å²) in [6.07, 6.45) is -2.07. The number of hydrogen-bond acceptors (Lipinski definition) is 4. The molecule has 1 aliphatic rings. The molecule has 0 bridgehead atoms. The lowest BCUT2D eigenvalue weighted by Crippen LogP contribution is -2.30. The third-order valence-corrected chi connectivity index (χ3v) is 4.41. The van der Waals surface area contributed by atoms with Crippen molar-refractivity contribution < 1.29 is 27.4 Å². The largest absolute Gasteiger partial charge is 0.489 e. The van der Waals surface area contributed by atoms with E-state index in [4.69, 9.17) is 15.2 Å². The summed E-state index contributed by atoms with van der Waals surface area (Å²) in [7, 11) is 1.49. The third kappa shape index (κ3) is 5.09. The molecular formula is C17H23F3N2O3. The Labute approximate surface area is 144 Å². The lowest BCUT2D eigenvalue weighted by molar-refractivity contribution is -0.137. The van der Waals surface area contributed by atoms with E-state index in [1.807, 2.05) is 0 Å². The Morgan fingerprint density at radius 2 is 2.08 bits per heavy atom. The number of hydrogen-bond donors (Lipinski definition) is 2. The number of nitrogens with two attached hydrogens (primary N) is 1. The molecule has 0 spiro atoms. The molecule has 0 heterocycles. The van der Waals surface area contributed by atoms with E-state index in [-0.39, 0.29) is 42.4 Å². The Bertz CT molecular complexity index is 593. The Hall–Kier alpha value is -1.80. The average Bonchev–Trinajstić information content (AvgIpc) is 3.04. The Balaban J connectivity index is 2.20. The predicted octanol–water partition coefficient (Wildman–Crippen LogP) is 3.04. The van der Waals surface area contributed by atoms with Crippen LogP contribution in [-0.4, -0.2) is 32.8 Å². The topological polar surface area (TPSA) is 73.6 Å². The number of halogens is 3. The van der Waals surface area contributed by atoms with E-state index >= 15 is 0 Å². The summed E-state index contributed by atoms with van der Waals surface area (Å²) >= 11 is 0. The third-order valence-electron chi connectivity index (χ3n) is 4.41. The molecule has 5 nitrogen and oxygen atoms in total. The molecule has 0 aromatic heterocycles. The maximum absolute atomic E-state index is 13.0. The highest BCUT2D eigenvalue weighted by atomic mass is 19.4. The highest BCUT2D eigenvalue weighted by Crippen LogP contribution is 2.37. The number of carbonyl (C=O) groups is 1. The van der Waals surface area contributed by atoms with Crippen molar-refractivity contribution in [1.82, 2.24) is 0 Å². The van der Waals surface area contributed by atoms with Gasteiger partial charge in [0.05, 0.1) is 17.9 Å². The summed E-state index contributed by atoms with van der Waals surface area (Å²) in [5, 5.41) is 2.60. The molecule has 0 radical (unpaired) electrons. The monoisotopic (exact) mass is 360 g/mol. The standard InChI is InChI=1S/C17H23F3N2O3/c1-24-7-8-25-15-6-5-12(17(18,19)20)9-14(15)22-16(23)13-4-2-3-11(13)10-21/h5-6,9,11,13H,2-4,7-8,10,21H2,1H3,(H,22,23)/t11-,13-/m1/s1. The average molecular weight is 360 g/mol. The maximum atomic E-state index is 13.0. The zero-order chi connectivity index (χ0) is 18.4. The number of methoxy groups -OCH3 is 1. The molecule has 1 fully saturated rings. The molecule has 1 amide bonds. The van der Waals surface area contributed by atoms with Crippen LogP contribution in [0.25, 0.3) is 0 Å². The van der Waals surface area contributed by atoms with E-state index in [0.717, 1.165) is 25.0 Å². The summed E-state index contributed by atoms with van der Waals surface area (Å²) in [6, 6.07) is 3.03. The molecule has 3 N–H and O–H groups in total. The van der Waals surface area contributed by atoms with Crippen LogP contribution >= 0.6 is 0 Å². The number of rotatable bonds is 7. The van der Waals surface area contributed by atoms with Crippen LogP contribution in [0.1, 0.15) is 24.8 Å². The number of anilines is 1. The first-order chi connectivity index (χ1) is 11.9. The molecule has 0 saturated heterocycles. The molecule has 0 aliphatic heterocycles. The molecule has 1 aromatic carbocycles. The van der Waals surface area contributed by atoms with Gasteiger partial charge >= 0.3 is 6.18 Å². The maximum Gasteiger partial charge on any atom is 0.416 e. The van der Waals surface area contributed by atoms with E-state index in [1.165, 1.54) is 13.2 Å². The van der Waals surface area contributed by atoms with Gasteiger partial charge in [-0.05, 0) is 43.5 Å². The van der Waals surface area contributed by atoms with Crippen LogP contribution in [0.3, 0.4) is 0 Å². The molecule has 1 saturated carbocycles. The van der Waals surface area contributed by atoms with Crippen LogP contribution in [0.2, 0.25) is 0 Å². The van der Waals surface area contributed by atoms with Gasteiger partial charge in [-0.15, -0.1) is 0 Å². The number of alkyl halides is 3. The fourth-order valence-corrected chi connectivity index (χ4v) is 3.05. The van der Waals surface area contributed by atoms with Gasteiger partial charge in [0.1, 0.15) is 12.4 Å². The Morgan fingerprint density at radius 1 is 1.32 bits per heavy atom. The molecular weight excluding hydrogens is 337 g/mol. The van der Waals surface area contributed by atoms with Crippen molar-refractivity contribution in [3.05, 3.63) is 23.8 Å². The quantitative estimate of drug-likeness (QED) is 0.733. The minimum Gasteiger partial charge on any atom is -0.489 e. The SMILES string of the molecule is COCCOc1ccc(C(F)(F)F)cc1NC(=O)[C@@H]1CCC[C@@H]1CN. The van der Waals surface area contributed by atoms with E-state index in [1.54, 1.807) is 0 Å². The molecule has 25 heavy (non-hydrogen) atoms. The van der Waals surface area contributed by atoms with Crippen LogP contribution in [-0.2, 0) is 15.7 Å². The van der Waals surface area contributed by atoms with Gasteiger partial charge in [0.15, 0.2) is 0 Å². The zero-order valence-electron chi connectivity index (χ0n) is 14.1. The lowest BCUT2D eigenvalue weighted by Gasteiger charge is -2.20. The summed E-state index contributed by atoms with van der Waals surface area (Å²) in [5.41, 5.74) is 4.85. The molecule has 0 unspecified atom stereocenters. The number of carbonyl (C=O) groups excluding carboxylic acids is 1. The van der Waals surface area contributed by atoms with Gasteiger partial charge in [-0.1, -0.05) is 6.42 Å². The summed E-state index contributed by atoms with van der Waals surface area (Å²) in [5.74, 6) is -0.361. The van der Waals surface area contributed by atoms with Gasteiger partial charge in [0.2, 0.25) is 5.91 Å². The van der Waals surface area contributed by atoms with Crippen molar-refractivity contribution in [3.8, 4) is 5.75 Å². The van der Waals surface area contributed by atoms with Gasteiger partial charge in [-0.2, -0.15) is 13.2 Å².